The zero-order chi connectivity index (χ0) is 9.35. The molecule has 0 aliphatic rings. The molecule has 0 aliphatic carbocycles. The summed E-state index contributed by atoms with van der Waals surface area (Å²) < 4.78 is 1.72. The molecule has 0 spiro atoms. The molecule has 0 aromatic carbocycles. The Morgan fingerprint density at radius 1 is 1.75 bits per heavy atom. The van der Waals surface area contributed by atoms with Crippen molar-refractivity contribution >= 4 is 0 Å². The number of nitrogens with zero attached hydrogens (tertiary/aromatic N) is 2. The molecule has 1 rings (SSSR count). The van der Waals surface area contributed by atoms with Crippen molar-refractivity contribution in [3.05, 3.63) is 17.5 Å². The molecule has 0 radical (unpaired) electrons. The fraction of sp³-hybridized carbons (Fsp3) is 0.625. The van der Waals surface area contributed by atoms with Gasteiger partial charge in [-0.1, -0.05) is 0 Å². The topological polar surface area (TPSA) is 64.1 Å². The number of aromatic nitrogens is 2. The highest BCUT2D eigenvalue weighted by Gasteiger charge is 2.24. The summed E-state index contributed by atoms with van der Waals surface area (Å²) in [5.74, 6) is 0. The zero-order valence-corrected chi connectivity index (χ0v) is 7.70. The summed E-state index contributed by atoms with van der Waals surface area (Å²) in [7, 11) is 1.84. The van der Waals surface area contributed by atoms with Crippen LogP contribution in [0.5, 0.6) is 0 Å². The van der Waals surface area contributed by atoms with Crippen molar-refractivity contribution in [2.45, 2.75) is 19.4 Å². The third-order valence-electron chi connectivity index (χ3n) is 2.06. The molecule has 0 bridgehead atoms. The lowest BCUT2D eigenvalue weighted by Gasteiger charge is -2.17. The number of nitrogens with two attached hydrogens (primary N) is 1. The van der Waals surface area contributed by atoms with Crippen LogP contribution in [0.4, 0.5) is 0 Å². The Balaban J connectivity index is 3.04. The second kappa shape index (κ2) is 2.88. The van der Waals surface area contributed by atoms with Gasteiger partial charge in [-0.15, -0.1) is 0 Å². The van der Waals surface area contributed by atoms with Gasteiger partial charge in [0.1, 0.15) is 5.60 Å². The first-order chi connectivity index (χ1) is 5.47. The van der Waals surface area contributed by atoms with Gasteiger partial charge in [-0.2, -0.15) is 5.10 Å². The summed E-state index contributed by atoms with van der Waals surface area (Å²) in [6.07, 6.45) is 0. The highest BCUT2D eigenvalue weighted by molar-refractivity contribution is 5.15. The molecule has 0 aliphatic heterocycles. The summed E-state index contributed by atoms with van der Waals surface area (Å²) in [5, 5.41) is 13.9. The van der Waals surface area contributed by atoms with Crippen molar-refractivity contribution in [3.8, 4) is 0 Å². The lowest BCUT2D eigenvalue weighted by Crippen LogP contribution is -2.31. The minimum Gasteiger partial charge on any atom is -0.382 e. The molecule has 0 saturated heterocycles. The largest absolute Gasteiger partial charge is 0.382 e. The van der Waals surface area contributed by atoms with E-state index < -0.39 is 5.60 Å². The van der Waals surface area contributed by atoms with Crippen LogP contribution in [-0.4, -0.2) is 21.4 Å². The zero-order valence-electron chi connectivity index (χ0n) is 7.70. The molecule has 1 heterocycles. The minimum absolute atomic E-state index is 0.184. The van der Waals surface area contributed by atoms with Gasteiger partial charge < -0.3 is 10.8 Å². The maximum Gasteiger partial charge on any atom is 0.118 e. The molecular formula is C8H15N3O. The minimum atomic E-state index is -1.01. The summed E-state index contributed by atoms with van der Waals surface area (Å²) in [5.41, 5.74) is 6.03. The van der Waals surface area contributed by atoms with Crippen molar-refractivity contribution in [1.29, 1.82) is 0 Å². The molecule has 4 nitrogen and oxygen atoms in total. The molecule has 1 unspecified atom stereocenters. The second-order valence-electron chi connectivity index (χ2n) is 3.27. The molecule has 12 heavy (non-hydrogen) atoms. The molecule has 0 saturated carbocycles. The fourth-order valence-electron chi connectivity index (χ4n) is 0.928. The van der Waals surface area contributed by atoms with Crippen LogP contribution in [0, 0.1) is 6.92 Å². The van der Waals surface area contributed by atoms with E-state index in [0.717, 1.165) is 5.69 Å². The second-order valence-corrected chi connectivity index (χ2v) is 3.27. The van der Waals surface area contributed by atoms with Crippen LogP contribution in [0.1, 0.15) is 18.3 Å². The summed E-state index contributed by atoms with van der Waals surface area (Å²) >= 11 is 0. The summed E-state index contributed by atoms with van der Waals surface area (Å²) in [4.78, 5) is 0. The van der Waals surface area contributed by atoms with Crippen LogP contribution in [0.25, 0.3) is 0 Å². The van der Waals surface area contributed by atoms with Gasteiger partial charge in [-0.25, -0.2) is 0 Å². The van der Waals surface area contributed by atoms with E-state index in [-0.39, 0.29) is 6.54 Å². The van der Waals surface area contributed by atoms with E-state index in [4.69, 9.17) is 5.73 Å². The first-order valence-corrected chi connectivity index (χ1v) is 3.91. The monoisotopic (exact) mass is 169 g/mol. The van der Waals surface area contributed by atoms with E-state index in [1.807, 2.05) is 20.0 Å². The maximum absolute atomic E-state index is 9.73. The highest BCUT2D eigenvalue weighted by atomic mass is 16.3. The van der Waals surface area contributed by atoms with Crippen LogP contribution in [-0.2, 0) is 12.6 Å². The van der Waals surface area contributed by atoms with E-state index >= 15 is 0 Å². The van der Waals surface area contributed by atoms with E-state index in [1.165, 1.54) is 0 Å². The number of hydrogen-bond donors (Lipinski definition) is 2. The maximum atomic E-state index is 9.73. The van der Waals surface area contributed by atoms with Gasteiger partial charge in [0.25, 0.3) is 0 Å². The number of hydrogen-bond acceptors (Lipinski definition) is 3. The molecule has 4 heteroatoms. The molecule has 0 fully saturated rings. The van der Waals surface area contributed by atoms with Crippen LogP contribution in [0.15, 0.2) is 6.07 Å². The molecule has 1 aromatic heterocycles. The Hall–Kier alpha value is -0.870. The quantitative estimate of drug-likeness (QED) is 0.649. The van der Waals surface area contributed by atoms with Crippen molar-refractivity contribution in [2.75, 3.05) is 6.54 Å². The normalized spacial score (nSPS) is 16.1. The Morgan fingerprint density at radius 3 is 2.67 bits per heavy atom. The van der Waals surface area contributed by atoms with E-state index in [9.17, 15) is 5.11 Å². The first-order valence-electron chi connectivity index (χ1n) is 3.91. The van der Waals surface area contributed by atoms with Gasteiger partial charge in [0.2, 0.25) is 0 Å². The number of aliphatic hydroxyl groups is 1. The van der Waals surface area contributed by atoms with Gasteiger partial charge in [0.15, 0.2) is 0 Å². The van der Waals surface area contributed by atoms with Gasteiger partial charge in [-0.05, 0) is 19.9 Å². The van der Waals surface area contributed by atoms with Crippen LogP contribution < -0.4 is 5.73 Å². The molecule has 3 N–H and O–H groups in total. The lowest BCUT2D eigenvalue weighted by atomic mass is 10.0. The fourth-order valence-corrected chi connectivity index (χ4v) is 0.928. The van der Waals surface area contributed by atoms with E-state index in [1.54, 1.807) is 11.6 Å². The van der Waals surface area contributed by atoms with Crippen LogP contribution in [0.2, 0.25) is 0 Å². The number of rotatable bonds is 2. The Morgan fingerprint density at radius 2 is 2.33 bits per heavy atom. The lowest BCUT2D eigenvalue weighted by molar-refractivity contribution is 0.0616. The van der Waals surface area contributed by atoms with Crippen molar-refractivity contribution in [3.63, 3.8) is 0 Å². The average molecular weight is 169 g/mol. The molecule has 0 amide bonds. The average Bonchev–Trinajstić information content (AvgIpc) is 2.33. The smallest absolute Gasteiger partial charge is 0.118 e. The van der Waals surface area contributed by atoms with Gasteiger partial charge in [-0.3, -0.25) is 4.68 Å². The van der Waals surface area contributed by atoms with Gasteiger partial charge in [0, 0.05) is 19.3 Å². The third kappa shape index (κ3) is 1.49. The molecule has 1 atom stereocenters. The van der Waals surface area contributed by atoms with Crippen molar-refractivity contribution < 1.29 is 5.11 Å². The summed E-state index contributed by atoms with van der Waals surface area (Å²) in [6.45, 7) is 3.78. The summed E-state index contributed by atoms with van der Waals surface area (Å²) in [6, 6.07) is 1.84. The van der Waals surface area contributed by atoms with Crippen molar-refractivity contribution in [2.24, 2.45) is 12.8 Å². The van der Waals surface area contributed by atoms with E-state index in [2.05, 4.69) is 5.10 Å². The van der Waals surface area contributed by atoms with Crippen LogP contribution >= 0.6 is 0 Å². The Labute approximate surface area is 72.0 Å². The predicted molar refractivity (Wildman–Crippen MR) is 46.6 cm³/mol. The van der Waals surface area contributed by atoms with Crippen LogP contribution in [0.3, 0.4) is 0 Å². The third-order valence-corrected chi connectivity index (χ3v) is 2.06. The van der Waals surface area contributed by atoms with Crippen molar-refractivity contribution in [1.82, 2.24) is 9.78 Å². The first kappa shape index (κ1) is 9.22. The standard InChI is InChI=1S/C8H15N3O/c1-6-4-7(10-11(6)3)8(2,12)5-9/h4,12H,5,9H2,1-3H3. The van der Waals surface area contributed by atoms with E-state index in [0.29, 0.717) is 5.69 Å². The number of aryl methyl sites for hydroxylation is 2. The molecular weight excluding hydrogens is 154 g/mol. The molecule has 68 valence electrons. The van der Waals surface area contributed by atoms with Gasteiger partial charge in [0.05, 0.1) is 5.69 Å². The van der Waals surface area contributed by atoms with Gasteiger partial charge >= 0.3 is 0 Å². The molecule has 1 aromatic rings. The highest BCUT2D eigenvalue weighted by Crippen LogP contribution is 2.17. The SMILES string of the molecule is Cc1cc(C(C)(O)CN)nn1C. The Kier molecular flexibility index (Phi) is 2.21. The Bertz CT molecular complexity index is 258. The predicted octanol–water partition coefficient (Wildman–Crippen LogP) is -0.105.